The molecule has 0 saturated heterocycles. The van der Waals surface area contributed by atoms with Crippen molar-refractivity contribution in [3.8, 4) is 0 Å². The maximum atomic E-state index is 13.0. The molecule has 0 bridgehead atoms. The molecule has 0 unspecified atom stereocenters. The number of carbonyl (C=O) groups is 2. The van der Waals surface area contributed by atoms with Gasteiger partial charge in [0.05, 0.1) is 13.2 Å². The van der Waals surface area contributed by atoms with E-state index in [1.54, 1.807) is 11.9 Å². The quantitative estimate of drug-likeness (QED) is 0.570. The first-order valence-electron chi connectivity index (χ1n) is 8.98. The number of nitrogens with one attached hydrogen (secondary N) is 2. The van der Waals surface area contributed by atoms with Crippen molar-refractivity contribution in [3.05, 3.63) is 51.4 Å². The minimum absolute atomic E-state index is 0.110. The first-order chi connectivity index (χ1) is 13.5. The number of likely N-dealkylation sites (N-methyl/N-ethyl adjacent to an activating group) is 1. The van der Waals surface area contributed by atoms with E-state index in [9.17, 15) is 9.59 Å². The van der Waals surface area contributed by atoms with E-state index >= 15 is 0 Å². The van der Waals surface area contributed by atoms with Crippen LogP contribution in [0.5, 0.6) is 0 Å². The summed E-state index contributed by atoms with van der Waals surface area (Å²) in [6.45, 7) is 0.981. The van der Waals surface area contributed by atoms with Gasteiger partial charge in [-0.1, -0.05) is 22.0 Å². The second-order valence-corrected chi connectivity index (χ2v) is 7.79. The van der Waals surface area contributed by atoms with Crippen molar-refractivity contribution in [3.63, 3.8) is 0 Å². The fraction of sp³-hybridized carbons (Fsp3) is 0.316. The number of carbonyl (C=O) groups excluding carboxylic acids is 2. The molecule has 3 N–H and O–H groups in total. The lowest BCUT2D eigenvalue weighted by Gasteiger charge is -2.27. The smallest absolute Gasteiger partial charge is 0.274 e. The molecule has 0 fully saturated rings. The average Bonchev–Trinajstić information content (AvgIpc) is 3.30. The maximum absolute atomic E-state index is 13.0. The third kappa shape index (κ3) is 3.31. The number of rotatable bonds is 4. The first kappa shape index (κ1) is 18.7. The number of amides is 2. The molecule has 2 aromatic heterocycles. The summed E-state index contributed by atoms with van der Waals surface area (Å²) in [6, 6.07) is 7.66. The molecule has 0 spiro atoms. The van der Waals surface area contributed by atoms with Gasteiger partial charge in [0, 0.05) is 53.2 Å². The van der Waals surface area contributed by atoms with Crippen molar-refractivity contribution in [1.82, 2.24) is 25.0 Å². The lowest BCUT2D eigenvalue weighted by Crippen LogP contribution is -2.37. The number of nitrogens with zero attached hydrogens (tertiary/aromatic N) is 3. The van der Waals surface area contributed by atoms with Gasteiger partial charge < -0.3 is 19.9 Å². The van der Waals surface area contributed by atoms with E-state index in [1.165, 1.54) is 4.90 Å². The van der Waals surface area contributed by atoms with Gasteiger partial charge in [-0.25, -0.2) is 0 Å². The highest BCUT2D eigenvalue weighted by molar-refractivity contribution is 9.10. The molecule has 28 heavy (non-hydrogen) atoms. The van der Waals surface area contributed by atoms with E-state index in [0.717, 1.165) is 26.6 Å². The molecular formula is C19H20BrN5O3. The van der Waals surface area contributed by atoms with Crippen molar-refractivity contribution in [2.75, 3.05) is 26.7 Å². The standard InChI is InChI=1S/C19H20BrN5O3/c1-24(6-7-26)19(28)17-13-10-25(5-4-14(13)22-23-17)18(27)16-8-11-2-3-12(20)9-15(11)21-16/h2-3,8-9,21,26H,4-7,10H2,1H3,(H,22,23). The Kier molecular flexibility index (Phi) is 4.94. The maximum Gasteiger partial charge on any atom is 0.274 e. The predicted octanol–water partition coefficient (Wildman–Crippen LogP) is 1.92. The molecule has 0 radical (unpaired) electrons. The Bertz CT molecular complexity index is 1060. The Morgan fingerprint density at radius 3 is 2.96 bits per heavy atom. The second-order valence-electron chi connectivity index (χ2n) is 6.87. The SMILES string of the molecule is CN(CCO)C(=O)c1n[nH]c2c1CN(C(=O)c1cc3ccc(Br)cc3[nH]1)CC2. The number of hydrogen-bond donors (Lipinski definition) is 3. The summed E-state index contributed by atoms with van der Waals surface area (Å²) in [5, 5.41) is 17.1. The molecule has 9 heteroatoms. The third-order valence-electron chi connectivity index (χ3n) is 5.02. The normalized spacial score (nSPS) is 13.6. The first-order valence-corrected chi connectivity index (χ1v) is 9.77. The monoisotopic (exact) mass is 445 g/mol. The van der Waals surface area contributed by atoms with E-state index in [0.29, 0.717) is 30.9 Å². The van der Waals surface area contributed by atoms with Gasteiger partial charge in [-0.3, -0.25) is 14.7 Å². The van der Waals surface area contributed by atoms with Crippen LogP contribution in [0.3, 0.4) is 0 Å². The Balaban J connectivity index is 1.58. The third-order valence-corrected chi connectivity index (χ3v) is 5.51. The number of aromatic amines is 2. The molecule has 1 aliphatic heterocycles. The molecule has 0 atom stereocenters. The number of benzene rings is 1. The van der Waals surface area contributed by atoms with Crippen LogP contribution in [0.25, 0.3) is 10.9 Å². The summed E-state index contributed by atoms with van der Waals surface area (Å²) in [6.07, 6.45) is 0.608. The molecule has 0 saturated carbocycles. The van der Waals surface area contributed by atoms with Crippen LogP contribution in [0.1, 0.15) is 32.2 Å². The fourth-order valence-electron chi connectivity index (χ4n) is 3.46. The lowest BCUT2D eigenvalue weighted by atomic mass is 10.0. The van der Waals surface area contributed by atoms with E-state index in [-0.39, 0.29) is 25.0 Å². The predicted molar refractivity (Wildman–Crippen MR) is 107 cm³/mol. The number of fused-ring (bicyclic) bond motifs is 2. The van der Waals surface area contributed by atoms with Crippen LogP contribution in [0.4, 0.5) is 0 Å². The van der Waals surface area contributed by atoms with Gasteiger partial charge in [0.2, 0.25) is 0 Å². The Morgan fingerprint density at radius 1 is 1.36 bits per heavy atom. The fourth-order valence-corrected chi connectivity index (χ4v) is 3.82. The highest BCUT2D eigenvalue weighted by Crippen LogP contribution is 2.25. The van der Waals surface area contributed by atoms with E-state index in [4.69, 9.17) is 5.11 Å². The van der Waals surface area contributed by atoms with Gasteiger partial charge >= 0.3 is 0 Å². The minimum Gasteiger partial charge on any atom is -0.395 e. The van der Waals surface area contributed by atoms with Gasteiger partial charge in [-0.05, 0) is 18.2 Å². The van der Waals surface area contributed by atoms with Crippen LogP contribution in [-0.4, -0.2) is 68.6 Å². The average molecular weight is 446 g/mol. The topological polar surface area (TPSA) is 105 Å². The van der Waals surface area contributed by atoms with Gasteiger partial charge in [-0.15, -0.1) is 0 Å². The molecule has 3 aromatic rings. The molecular weight excluding hydrogens is 426 g/mol. The van der Waals surface area contributed by atoms with Crippen molar-refractivity contribution >= 4 is 38.6 Å². The van der Waals surface area contributed by atoms with E-state index in [2.05, 4.69) is 31.1 Å². The summed E-state index contributed by atoms with van der Waals surface area (Å²) in [7, 11) is 1.62. The number of aliphatic hydroxyl groups excluding tert-OH is 1. The van der Waals surface area contributed by atoms with Crippen LogP contribution in [0, 0.1) is 0 Å². The summed E-state index contributed by atoms with van der Waals surface area (Å²) in [4.78, 5) is 31.9. The highest BCUT2D eigenvalue weighted by Gasteiger charge is 2.29. The van der Waals surface area contributed by atoms with Crippen LogP contribution in [0.15, 0.2) is 28.7 Å². The zero-order chi connectivity index (χ0) is 19.8. The molecule has 1 aromatic carbocycles. The van der Waals surface area contributed by atoms with Crippen molar-refractivity contribution < 1.29 is 14.7 Å². The number of aliphatic hydroxyl groups is 1. The molecule has 4 rings (SSSR count). The van der Waals surface area contributed by atoms with Crippen LogP contribution in [-0.2, 0) is 13.0 Å². The zero-order valence-corrected chi connectivity index (χ0v) is 16.9. The van der Waals surface area contributed by atoms with Crippen LogP contribution in [0.2, 0.25) is 0 Å². The number of hydrogen-bond acceptors (Lipinski definition) is 4. The number of aromatic nitrogens is 3. The van der Waals surface area contributed by atoms with Gasteiger partial charge in [0.25, 0.3) is 11.8 Å². The zero-order valence-electron chi connectivity index (χ0n) is 15.3. The molecule has 3 heterocycles. The minimum atomic E-state index is -0.267. The number of halogens is 1. The van der Waals surface area contributed by atoms with Crippen molar-refractivity contribution in [2.24, 2.45) is 0 Å². The Hall–Kier alpha value is -2.65. The summed E-state index contributed by atoms with van der Waals surface area (Å²) in [5.41, 5.74) is 3.34. The number of H-pyrrole nitrogens is 2. The molecule has 0 aliphatic carbocycles. The van der Waals surface area contributed by atoms with Gasteiger partial charge in [0.15, 0.2) is 5.69 Å². The largest absolute Gasteiger partial charge is 0.395 e. The summed E-state index contributed by atoms with van der Waals surface area (Å²) in [5.74, 6) is -0.377. The van der Waals surface area contributed by atoms with Gasteiger partial charge in [0.1, 0.15) is 5.69 Å². The Morgan fingerprint density at radius 2 is 2.18 bits per heavy atom. The van der Waals surface area contributed by atoms with E-state index in [1.807, 2.05) is 24.3 Å². The van der Waals surface area contributed by atoms with Crippen molar-refractivity contribution in [2.45, 2.75) is 13.0 Å². The molecule has 146 valence electrons. The highest BCUT2D eigenvalue weighted by atomic mass is 79.9. The van der Waals surface area contributed by atoms with E-state index < -0.39 is 0 Å². The summed E-state index contributed by atoms with van der Waals surface area (Å²) >= 11 is 3.44. The van der Waals surface area contributed by atoms with Gasteiger partial charge in [-0.2, -0.15) is 5.10 Å². The summed E-state index contributed by atoms with van der Waals surface area (Å²) < 4.78 is 0.942. The molecule has 1 aliphatic rings. The second kappa shape index (κ2) is 7.40. The lowest BCUT2D eigenvalue weighted by molar-refractivity contribution is 0.0714. The van der Waals surface area contributed by atoms with Crippen LogP contribution >= 0.6 is 15.9 Å². The molecule has 8 nitrogen and oxygen atoms in total. The van der Waals surface area contributed by atoms with Crippen LogP contribution < -0.4 is 0 Å². The Labute approximate surface area is 169 Å². The molecule has 2 amide bonds. The van der Waals surface area contributed by atoms with Crippen molar-refractivity contribution in [1.29, 1.82) is 0 Å².